The quantitative estimate of drug-likeness (QED) is 0.829. The molecule has 0 radical (unpaired) electrons. The molecule has 0 aliphatic heterocycles. The van der Waals surface area contributed by atoms with Crippen LogP contribution >= 0.6 is 0 Å². The molecule has 3 N–H and O–H groups in total. The summed E-state index contributed by atoms with van der Waals surface area (Å²) in [5.41, 5.74) is 7.62. The summed E-state index contributed by atoms with van der Waals surface area (Å²) in [7, 11) is 0. The molecule has 22 heavy (non-hydrogen) atoms. The lowest BCUT2D eigenvalue weighted by Gasteiger charge is -2.14. The predicted octanol–water partition coefficient (Wildman–Crippen LogP) is 2.17. The van der Waals surface area contributed by atoms with Gasteiger partial charge in [0.1, 0.15) is 6.04 Å². The molecule has 1 aromatic heterocycles. The molecular formula is C17H19N3O2. The number of benzene rings is 1. The van der Waals surface area contributed by atoms with E-state index in [1.165, 1.54) is 6.20 Å². The molecule has 0 bridgehead atoms. The first-order valence-corrected chi connectivity index (χ1v) is 7.05. The first-order chi connectivity index (χ1) is 10.5. The lowest BCUT2D eigenvalue weighted by atomic mass is 10.1. The Hall–Kier alpha value is -2.69. The van der Waals surface area contributed by atoms with E-state index in [0.29, 0.717) is 12.0 Å². The highest BCUT2D eigenvalue weighted by molar-refractivity contribution is 5.99. The van der Waals surface area contributed by atoms with Crippen LogP contribution < -0.4 is 11.1 Å². The average Bonchev–Trinajstić information content (AvgIpc) is 2.50. The van der Waals surface area contributed by atoms with Crippen LogP contribution in [0, 0.1) is 0 Å². The summed E-state index contributed by atoms with van der Waals surface area (Å²) >= 11 is 0. The Morgan fingerprint density at radius 2 is 2.05 bits per heavy atom. The van der Waals surface area contributed by atoms with Crippen LogP contribution in [0.3, 0.4) is 0 Å². The van der Waals surface area contributed by atoms with Crippen LogP contribution in [0.25, 0.3) is 10.9 Å². The number of fused-ring (bicyclic) bond motifs is 1. The van der Waals surface area contributed by atoms with Crippen molar-refractivity contribution in [3.05, 3.63) is 53.7 Å². The number of carbonyl (C=O) groups excluding carboxylic acids is 2. The molecule has 0 aliphatic carbocycles. The van der Waals surface area contributed by atoms with Crippen molar-refractivity contribution in [3.63, 3.8) is 0 Å². The molecule has 0 aliphatic rings. The van der Waals surface area contributed by atoms with Crippen LogP contribution in [0.4, 0.5) is 0 Å². The first-order valence-electron chi connectivity index (χ1n) is 7.05. The summed E-state index contributed by atoms with van der Waals surface area (Å²) in [4.78, 5) is 28.0. The minimum absolute atomic E-state index is 0.357. The number of aromatic nitrogens is 1. The minimum atomic E-state index is -0.728. The van der Waals surface area contributed by atoms with Gasteiger partial charge in [0, 0.05) is 11.6 Å². The second-order valence-electron chi connectivity index (χ2n) is 5.36. The zero-order chi connectivity index (χ0) is 16.1. The predicted molar refractivity (Wildman–Crippen MR) is 86.2 cm³/mol. The third-order valence-electron chi connectivity index (χ3n) is 3.26. The van der Waals surface area contributed by atoms with E-state index in [1.807, 2.05) is 44.2 Å². The molecule has 0 spiro atoms. The van der Waals surface area contributed by atoms with Crippen molar-refractivity contribution in [3.8, 4) is 0 Å². The van der Waals surface area contributed by atoms with E-state index in [0.717, 1.165) is 16.5 Å². The van der Waals surface area contributed by atoms with Crippen molar-refractivity contribution in [2.45, 2.75) is 26.3 Å². The Labute approximate surface area is 129 Å². The number of hydrogen-bond donors (Lipinski definition) is 2. The van der Waals surface area contributed by atoms with E-state index < -0.39 is 11.9 Å². The van der Waals surface area contributed by atoms with Gasteiger partial charge in [0.25, 0.3) is 5.91 Å². The van der Waals surface area contributed by atoms with E-state index in [-0.39, 0.29) is 5.91 Å². The fourth-order valence-corrected chi connectivity index (χ4v) is 2.04. The molecule has 0 saturated carbocycles. The normalized spacial score (nSPS) is 11.7. The molecule has 2 aromatic rings. The molecule has 2 amide bonds. The number of primary amides is 1. The van der Waals surface area contributed by atoms with Gasteiger partial charge in [-0.2, -0.15) is 0 Å². The maximum absolute atomic E-state index is 12.3. The van der Waals surface area contributed by atoms with Gasteiger partial charge in [-0.1, -0.05) is 29.8 Å². The van der Waals surface area contributed by atoms with Crippen molar-refractivity contribution >= 4 is 22.7 Å². The van der Waals surface area contributed by atoms with Crippen LogP contribution in [-0.2, 0) is 4.79 Å². The second kappa shape index (κ2) is 6.85. The number of nitrogens with one attached hydrogen (secondary N) is 1. The largest absolute Gasteiger partial charge is 0.368 e. The summed E-state index contributed by atoms with van der Waals surface area (Å²) in [6.07, 6.45) is 3.75. The average molecular weight is 297 g/mol. The fourth-order valence-electron chi connectivity index (χ4n) is 2.04. The minimum Gasteiger partial charge on any atom is -0.368 e. The van der Waals surface area contributed by atoms with Crippen molar-refractivity contribution in [1.29, 1.82) is 0 Å². The number of rotatable bonds is 5. The third kappa shape index (κ3) is 3.91. The van der Waals surface area contributed by atoms with Gasteiger partial charge in [-0.3, -0.25) is 14.6 Å². The fraction of sp³-hybridized carbons (Fsp3) is 0.235. The Balaban J connectivity index is 2.17. The topological polar surface area (TPSA) is 85.1 Å². The highest BCUT2D eigenvalue weighted by Crippen LogP contribution is 2.13. The monoisotopic (exact) mass is 297 g/mol. The molecule has 2 rings (SSSR count). The SMILES string of the molecule is CC(C)=CC[C@H](NC(=O)c1cnc2ccccc2c1)C(N)=O. The third-order valence-corrected chi connectivity index (χ3v) is 3.26. The zero-order valence-corrected chi connectivity index (χ0v) is 12.7. The zero-order valence-electron chi connectivity index (χ0n) is 12.7. The lowest BCUT2D eigenvalue weighted by Crippen LogP contribution is -2.44. The van der Waals surface area contributed by atoms with E-state index in [9.17, 15) is 9.59 Å². The lowest BCUT2D eigenvalue weighted by molar-refractivity contribution is -0.119. The van der Waals surface area contributed by atoms with Crippen LogP contribution in [0.15, 0.2) is 48.2 Å². The van der Waals surface area contributed by atoms with Gasteiger partial charge in [-0.15, -0.1) is 0 Å². The maximum atomic E-state index is 12.3. The Morgan fingerprint density at radius 3 is 2.73 bits per heavy atom. The molecule has 1 heterocycles. The molecule has 1 atom stereocenters. The summed E-state index contributed by atoms with van der Waals surface area (Å²) in [5, 5.41) is 3.53. The molecule has 114 valence electrons. The molecular weight excluding hydrogens is 278 g/mol. The number of allylic oxidation sites excluding steroid dienone is 1. The molecule has 0 unspecified atom stereocenters. The molecule has 0 saturated heterocycles. The second-order valence-corrected chi connectivity index (χ2v) is 5.36. The van der Waals surface area contributed by atoms with Crippen molar-refractivity contribution in [2.75, 3.05) is 0 Å². The summed E-state index contributed by atoms with van der Waals surface area (Å²) in [6.45, 7) is 3.85. The number of pyridine rings is 1. The van der Waals surface area contributed by atoms with Gasteiger partial charge >= 0.3 is 0 Å². The summed E-state index contributed by atoms with van der Waals surface area (Å²) < 4.78 is 0. The first kappa shape index (κ1) is 15.7. The van der Waals surface area contributed by atoms with Gasteiger partial charge in [0.05, 0.1) is 11.1 Å². The molecule has 0 fully saturated rings. The van der Waals surface area contributed by atoms with Gasteiger partial charge in [-0.05, 0) is 32.4 Å². The van der Waals surface area contributed by atoms with E-state index in [4.69, 9.17) is 5.73 Å². The van der Waals surface area contributed by atoms with Crippen LogP contribution in [0.1, 0.15) is 30.6 Å². The highest BCUT2D eigenvalue weighted by Gasteiger charge is 2.18. The van der Waals surface area contributed by atoms with E-state index in [2.05, 4.69) is 10.3 Å². The number of amides is 2. The number of carbonyl (C=O) groups is 2. The van der Waals surface area contributed by atoms with Crippen molar-refractivity contribution in [2.24, 2.45) is 5.73 Å². The smallest absolute Gasteiger partial charge is 0.253 e. The number of para-hydroxylation sites is 1. The molecule has 5 nitrogen and oxygen atoms in total. The number of hydrogen-bond acceptors (Lipinski definition) is 3. The van der Waals surface area contributed by atoms with E-state index >= 15 is 0 Å². The van der Waals surface area contributed by atoms with Gasteiger partial charge in [0.2, 0.25) is 5.91 Å². The Morgan fingerprint density at radius 1 is 1.32 bits per heavy atom. The van der Waals surface area contributed by atoms with E-state index in [1.54, 1.807) is 6.07 Å². The van der Waals surface area contributed by atoms with Gasteiger partial charge in [0.15, 0.2) is 0 Å². The highest BCUT2D eigenvalue weighted by atomic mass is 16.2. The standard InChI is InChI=1S/C17H19N3O2/c1-11(2)7-8-15(16(18)21)20-17(22)13-9-12-5-3-4-6-14(12)19-10-13/h3-7,9-10,15H,8H2,1-2H3,(H2,18,21)(H,20,22)/t15-/m0/s1. The van der Waals surface area contributed by atoms with Gasteiger partial charge < -0.3 is 11.1 Å². The number of nitrogens with zero attached hydrogens (tertiary/aromatic N) is 1. The van der Waals surface area contributed by atoms with Crippen LogP contribution in [0.2, 0.25) is 0 Å². The molecule has 1 aromatic carbocycles. The van der Waals surface area contributed by atoms with Gasteiger partial charge in [-0.25, -0.2) is 0 Å². The Kier molecular flexibility index (Phi) is 4.88. The van der Waals surface area contributed by atoms with Crippen molar-refractivity contribution in [1.82, 2.24) is 10.3 Å². The molecule has 5 heteroatoms. The van der Waals surface area contributed by atoms with Crippen LogP contribution in [0.5, 0.6) is 0 Å². The summed E-state index contributed by atoms with van der Waals surface area (Å²) in [5.74, 6) is -0.913. The Bertz CT molecular complexity index is 734. The maximum Gasteiger partial charge on any atom is 0.253 e. The van der Waals surface area contributed by atoms with Crippen molar-refractivity contribution < 1.29 is 9.59 Å². The number of nitrogens with two attached hydrogens (primary N) is 1. The van der Waals surface area contributed by atoms with Crippen LogP contribution in [-0.4, -0.2) is 22.8 Å². The summed E-state index contributed by atoms with van der Waals surface area (Å²) in [6, 6.07) is 8.54.